The molecule has 0 amide bonds. The number of rotatable bonds is 8. The van der Waals surface area contributed by atoms with Crippen LogP contribution in [0.1, 0.15) is 36.8 Å². The Kier molecular flexibility index (Phi) is 7.54. The van der Waals surface area contributed by atoms with Gasteiger partial charge in [-0.3, -0.25) is 15.3 Å². The predicted molar refractivity (Wildman–Crippen MR) is 155 cm³/mol. The van der Waals surface area contributed by atoms with E-state index in [-0.39, 0.29) is 12.4 Å². The van der Waals surface area contributed by atoms with Crippen molar-refractivity contribution in [2.45, 2.75) is 49.8 Å². The summed E-state index contributed by atoms with van der Waals surface area (Å²) in [5.74, 6) is -0.894. The first-order valence-corrected chi connectivity index (χ1v) is 14.1. The number of hydrogen-bond acceptors (Lipinski definition) is 8. The van der Waals surface area contributed by atoms with Crippen molar-refractivity contribution in [2.75, 3.05) is 12.1 Å². The summed E-state index contributed by atoms with van der Waals surface area (Å²) in [6, 6.07) is 30.2. The third kappa shape index (κ3) is 5.12. The van der Waals surface area contributed by atoms with E-state index in [4.69, 9.17) is 18.9 Å². The maximum atomic E-state index is 12.9. The second-order valence-electron chi connectivity index (χ2n) is 10.5. The molecule has 6 rings (SSSR count). The average molecular weight is 620 g/mol. The van der Waals surface area contributed by atoms with Gasteiger partial charge in [-0.05, 0) is 46.5 Å². The molecule has 4 atom stereocenters. The van der Waals surface area contributed by atoms with Crippen molar-refractivity contribution in [3.63, 3.8) is 0 Å². The molecule has 4 aromatic rings. The van der Waals surface area contributed by atoms with Crippen molar-refractivity contribution >= 4 is 21.7 Å². The van der Waals surface area contributed by atoms with Gasteiger partial charge in [0, 0.05) is 6.20 Å². The second kappa shape index (κ2) is 11.1. The van der Waals surface area contributed by atoms with Crippen LogP contribution in [0.25, 0.3) is 0 Å². The Morgan fingerprint density at radius 2 is 1.44 bits per heavy atom. The van der Waals surface area contributed by atoms with Crippen molar-refractivity contribution in [2.24, 2.45) is 0 Å². The van der Waals surface area contributed by atoms with Crippen LogP contribution < -0.4 is 11.2 Å². The number of fused-ring (bicyclic) bond motifs is 1. The first kappa shape index (κ1) is 27.8. The van der Waals surface area contributed by atoms with Gasteiger partial charge in [0.15, 0.2) is 17.8 Å². The van der Waals surface area contributed by atoms with Crippen molar-refractivity contribution in [1.29, 1.82) is 0 Å². The summed E-state index contributed by atoms with van der Waals surface area (Å²) >= 11 is 3.34. The van der Waals surface area contributed by atoms with Crippen molar-refractivity contribution in [3.05, 3.63) is 129 Å². The SMILES string of the molecule is CC1(C)O[C@@H]2[C@H](O1)[C@@H](COC(c1ccccc1)(c1ccccc1)c1ccccc1)O[C@H]2n1cc(Br)c(NO)nc1=O. The number of benzene rings is 3. The van der Waals surface area contributed by atoms with Gasteiger partial charge in [0.1, 0.15) is 23.9 Å². The highest BCUT2D eigenvalue weighted by Crippen LogP contribution is 2.45. The topological polar surface area (TPSA) is 104 Å². The van der Waals surface area contributed by atoms with Crippen LogP contribution in [0, 0.1) is 0 Å². The normalized spacial score (nSPS) is 23.3. The number of nitrogens with zero attached hydrogens (tertiary/aromatic N) is 2. The van der Waals surface area contributed by atoms with Gasteiger partial charge in [0.05, 0.1) is 11.1 Å². The molecule has 0 bridgehead atoms. The Hall–Kier alpha value is -3.38. The fourth-order valence-corrected chi connectivity index (χ4v) is 6.10. The van der Waals surface area contributed by atoms with Gasteiger partial charge in [0.2, 0.25) is 0 Å². The Bertz CT molecular complexity index is 1450. The summed E-state index contributed by atoms with van der Waals surface area (Å²) in [4.78, 5) is 16.8. The lowest BCUT2D eigenvalue weighted by atomic mass is 9.80. The molecule has 41 heavy (non-hydrogen) atoms. The lowest BCUT2D eigenvalue weighted by Crippen LogP contribution is -2.39. The number of anilines is 1. The summed E-state index contributed by atoms with van der Waals surface area (Å²) < 4.78 is 27.7. The zero-order valence-electron chi connectivity index (χ0n) is 22.5. The Morgan fingerprint density at radius 3 is 1.95 bits per heavy atom. The zero-order chi connectivity index (χ0) is 28.6. The van der Waals surface area contributed by atoms with E-state index in [0.29, 0.717) is 4.47 Å². The van der Waals surface area contributed by atoms with Crippen molar-refractivity contribution in [3.8, 4) is 0 Å². The zero-order valence-corrected chi connectivity index (χ0v) is 24.1. The first-order valence-electron chi connectivity index (χ1n) is 13.3. The monoisotopic (exact) mass is 619 g/mol. The summed E-state index contributed by atoms with van der Waals surface area (Å²) in [6.07, 6.45) is -1.02. The molecule has 212 valence electrons. The molecular formula is C31H30BrN3O6. The van der Waals surface area contributed by atoms with E-state index in [1.807, 2.05) is 73.9 Å². The van der Waals surface area contributed by atoms with Crippen LogP contribution in [0.15, 0.2) is 106 Å². The van der Waals surface area contributed by atoms with E-state index in [9.17, 15) is 10.0 Å². The lowest BCUT2D eigenvalue weighted by Gasteiger charge is -2.37. The van der Waals surface area contributed by atoms with E-state index >= 15 is 0 Å². The van der Waals surface area contributed by atoms with Crippen LogP contribution in [0.4, 0.5) is 5.82 Å². The molecule has 0 spiro atoms. The van der Waals surface area contributed by atoms with Crippen LogP contribution in [0.3, 0.4) is 0 Å². The summed E-state index contributed by atoms with van der Waals surface area (Å²) in [5, 5.41) is 9.30. The van der Waals surface area contributed by atoms with E-state index < -0.39 is 41.6 Å². The average Bonchev–Trinajstić information content (AvgIpc) is 3.49. The van der Waals surface area contributed by atoms with Gasteiger partial charge in [-0.15, -0.1) is 0 Å². The second-order valence-corrected chi connectivity index (χ2v) is 11.3. The Labute approximate surface area is 245 Å². The first-order chi connectivity index (χ1) is 19.8. The number of halogens is 1. The molecule has 0 aliphatic carbocycles. The molecule has 2 saturated heterocycles. The largest absolute Gasteiger partial charge is 0.358 e. The smallest absolute Gasteiger partial charge is 0.351 e. The molecule has 2 aliphatic heterocycles. The van der Waals surface area contributed by atoms with Crippen LogP contribution in [-0.4, -0.2) is 45.5 Å². The lowest BCUT2D eigenvalue weighted by molar-refractivity contribution is -0.205. The summed E-state index contributed by atoms with van der Waals surface area (Å²) in [6.45, 7) is 3.80. The van der Waals surface area contributed by atoms with Gasteiger partial charge < -0.3 is 18.9 Å². The molecule has 2 fully saturated rings. The molecule has 3 heterocycles. The number of hydrogen-bond donors (Lipinski definition) is 2. The Morgan fingerprint density at radius 1 is 0.927 bits per heavy atom. The minimum absolute atomic E-state index is 0.00275. The highest BCUT2D eigenvalue weighted by atomic mass is 79.9. The van der Waals surface area contributed by atoms with Crippen LogP contribution in [0.5, 0.6) is 0 Å². The van der Waals surface area contributed by atoms with E-state index in [1.165, 1.54) is 10.8 Å². The fourth-order valence-electron chi connectivity index (χ4n) is 5.70. The van der Waals surface area contributed by atoms with Gasteiger partial charge >= 0.3 is 5.69 Å². The highest BCUT2D eigenvalue weighted by Gasteiger charge is 2.57. The van der Waals surface area contributed by atoms with E-state index in [0.717, 1.165) is 16.7 Å². The minimum Gasteiger partial charge on any atom is -0.358 e. The molecule has 0 radical (unpaired) electrons. The quantitative estimate of drug-likeness (QED) is 0.204. The number of ether oxygens (including phenoxy) is 4. The molecule has 1 aromatic heterocycles. The maximum Gasteiger partial charge on any atom is 0.351 e. The van der Waals surface area contributed by atoms with Gasteiger partial charge in [-0.25, -0.2) is 4.79 Å². The number of nitrogens with one attached hydrogen (secondary N) is 1. The van der Waals surface area contributed by atoms with Gasteiger partial charge in [0.25, 0.3) is 0 Å². The van der Waals surface area contributed by atoms with Crippen LogP contribution in [-0.2, 0) is 24.5 Å². The predicted octanol–water partition coefficient (Wildman–Crippen LogP) is 5.23. The molecule has 9 nitrogen and oxygen atoms in total. The number of aromatic nitrogens is 2. The Balaban J connectivity index is 1.40. The van der Waals surface area contributed by atoms with Gasteiger partial charge in [-0.1, -0.05) is 91.0 Å². The molecule has 10 heteroatoms. The van der Waals surface area contributed by atoms with Gasteiger partial charge in [-0.2, -0.15) is 4.98 Å². The molecule has 0 unspecified atom stereocenters. The van der Waals surface area contributed by atoms with Crippen LogP contribution >= 0.6 is 15.9 Å². The third-order valence-corrected chi connectivity index (χ3v) is 8.00. The molecule has 0 saturated carbocycles. The van der Waals surface area contributed by atoms with Crippen LogP contribution in [0.2, 0.25) is 0 Å². The highest BCUT2D eigenvalue weighted by molar-refractivity contribution is 9.10. The third-order valence-electron chi connectivity index (χ3n) is 7.42. The van der Waals surface area contributed by atoms with Crippen molar-refractivity contribution in [1.82, 2.24) is 9.55 Å². The molecule has 2 N–H and O–H groups in total. The summed E-state index contributed by atoms with van der Waals surface area (Å²) in [7, 11) is 0. The van der Waals surface area contributed by atoms with E-state index in [1.54, 1.807) is 0 Å². The fraction of sp³-hybridized carbons (Fsp3) is 0.290. The van der Waals surface area contributed by atoms with Crippen molar-refractivity contribution < 1.29 is 24.2 Å². The molecule has 3 aromatic carbocycles. The molecule has 2 aliphatic rings. The minimum atomic E-state index is -0.953. The summed E-state index contributed by atoms with van der Waals surface area (Å²) in [5.41, 5.74) is 3.24. The maximum absolute atomic E-state index is 12.9. The molecular weight excluding hydrogens is 590 g/mol. The van der Waals surface area contributed by atoms with E-state index in [2.05, 4.69) is 57.3 Å². The standard InChI is InChI=1S/C31H30BrN3O6/c1-30(2)40-25-24(39-28(26(25)41-30)35-18-23(32)27(34-37)33-29(35)36)19-38-31(20-12-6-3-7-13-20,21-14-8-4-9-15-21)22-16-10-5-11-17-22/h3-18,24-26,28,37H,19H2,1-2H3,(H,33,34,36)/t24-,25-,26-,28-/m1/s1.